The first kappa shape index (κ1) is 11.1. The third-order valence-electron chi connectivity index (χ3n) is 1.66. The summed E-state index contributed by atoms with van der Waals surface area (Å²) in [7, 11) is 0. The lowest BCUT2D eigenvalue weighted by Crippen LogP contribution is -2.01. The second kappa shape index (κ2) is 5.71. The molecule has 0 aliphatic carbocycles. The number of hydrogen-bond acceptors (Lipinski definition) is 3. The van der Waals surface area contributed by atoms with Gasteiger partial charge in [-0.2, -0.15) is 0 Å². The van der Waals surface area contributed by atoms with Crippen molar-refractivity contribution in [2.75, 3.05) is 12.3 Å². The minimum Gasteiger partial charge on any atom is -0.465 e. The molecule has 1 rings (SSSR count). The summed E-state index contributed by atoms with van der Waals surface area (Å²) in [4.78, 5) is 11.0. The summed E-state index contributed by atoms with van der Waals surface area (Å²) in [5.41, 5.74) is 7.05. The smallest absolute Gasteiger partial charge is 0.317 e. The van der Waals surface area contributed by atoms with Gasteiger partial charge >= 0.3 is 5.97 Å². The van der Waals surface area contributed by atoms with Gasteiger partial charge in [0.2, 0.25) is 0 Å². The Labute approximate surface area is 89.2 Å². The zero-order valence-corrected chi connectivity index (χ0v) is 8.62. The molecule has 0 radical (unpaired) electrons. The molecule has 0 aliphatic heterocycles. The molecule has 0 bridgehead atoms. The molecule has 0 unspecified atom stereocenters. The molecular formula is C12H13NO2. The van der Waals surface area contributed by atoms with E-state index in [1.807, 2.05) is 12.1 Å². The fraction of sp³-hybridized carbons (Fsp3) is 0.250. The minimum atomic E-state index is -0.297. The van der Waals surface area contributed by atoms with E-state index in [0.29, 0.717) is 12.3 Å². The average molecular weight is 203 g/mol. The third-order valence-corrected chi connectivity index (χ3v) is 1.66. The Morgan fingerprint density at radius 1 is 1.53 bits per heavy atom. The standard InChI is InChI=1S/C12H13NO2/c1-2-15-12(14)8-4-6-10-5-3-7-11(13)9-10/h3,5,7,9H,2,8,13H2,1H3. The fourth-order valence-electron chi connectivity index (χ4n) is 1.05. The van der Waals surface area contributed by atoms with Crippen molar-refractivity contribution in [3.05, 3.63) is 29.8 Å². The van der Waals surface area contributed by atoms with Gasteiger partial charge in [-0.25, -0.2) is 0 Å². The lowest BCUT2D eigenvalue weighted by molar-refractivity contribution is -0.141. The van der Waals surface area contributed by atoms with E-state index in [1.54, 1.807) is 19.1 Å². The van der Waals surface area contributed by atoms with Crippen LogP contribution in [0.25, 0.3) is 0 Å². The van der Waals surface area contributed by atoms with Gasteiger partial charge in [0, 0.05) is 11.3 Å². The molecule has 0 aromatic heterocycles. The third kappa shape index (κ3) is 4.19. The van der Waals surface area contributed by atoms with E-state index in [2.05, 4.69) is 11.8 Å². The average Bonchev–Trinajstić information content (AvgIpc) is 2.18. The Bertz CT molecular complexity index is 402. The van der Waals surface area contributed by atoms with Crippen LogP contribution in [0.2, 0.25) is 0 Å². The molecule has 3 heteroatoms. The van der Waals surface area contributed by atoms with Gasteiger partial charge in [0.25, 0.3) is 0 Å². The summed E-state index contributed by atoms with van der Waals surface area (Å²) < 4.78 is 4.74. The molecule has 1 aromatic carbocycles. The van der Waals surface area contributed by atoms with Crippen LogP contribution < -0.4 is 5.73 Å². The SMILES string of the molecule is CCOC(=O)CC#Cc1cccc(N)c1. The maximum absolute atomic E-state index is 11.0. The molecule has 1 aromatic rings. The Morgan fingerprint density at radius 3 is 3.00 bits per heavy atom. The van der Waals surface area contributed by atoms with Crippen molar-refractivity contribution in [2.45, 2.75) is 13.3 Å². The number of anilines is 1. The van der Waals surface area contributed by atoms with Crippen molar-refractivity contribution in [2.24, 2.45) is 0 Å². The summed E-state index contributed by atoms with van der Waals surface area (Å²) in [5.74, 6) is 5.28. The van der Waals surface area contributed by atoms with Crippen LogP contribution in [0.3, 0.4) is 0 Å². The minimum absolute atomic E-state index is 0.114. The molecule has 0 fully saturated rings. The molecule has 2 N–H and O–H groups in total. The van der Waals surface area contributed by atoms with Crippen LogP contribution >= 0.6 is 0 Å². The molecule has 0 saturated carbocycles. The molecule has 0 saturated heterocycles. The summed E-state index contributed by atoms with van der Waals surface area (Å²) in [6.07, 6.45) is 0.114. The number of rotatable bonds is 2. The van der Waals surface area contributed by atoms with Crippen LogP contribution in [0, 0.1) is 11.8 Å². The van der Waals surface area contributed by atoms with Gasteiger partial charge < -0.3 is 10.5 Å². The summed E-state index contributed by atoms with van der Waals surface area (Å²) in [6, 6.07) is 7.22. The number of ether oxygens (including phenoxy) is 1. The first-order valence-corrected chi connectivity index (χ1v) is 4.72. The number of nitrogens with two attached hydrogens (primary N) is 1. The van der Waals surface area contributed by atoms with Crippen LogP contribution in [-0.4, -0.2) is 12.6 Å². The highest BCUT2D eigenvalue weighted by molar-refractivity contribution is 5.72. The first-order valence-electron chi connectivity index (χ1n) is 4.72. The maximum atomic E-state index is 11.0. The molecule has 0 heterocycles. The van der Waals surface area contributed by atoms with E-state index in [9.17, 15) is 4.79 Å². The highest BCUT2D eigenvalue weighted by Crippen LogP contribution is 2.04. The van der Waals surface area contributed by atoms with Crippen molar-refractivity contribution in [3.8, 4) is 11.8 Å². The number of benzene rings is 1. The molecule has 0 atom stereocenters. The lowest BCUT2D eigenvalue weighted by atomic mass is 10.2. The Kier molecular flexibility index (Phi) is 4.24. The molecule has 15 heavy (non-hydrogen) atoms. The van der Waals surface area contributed by atoms with E-state index < -0.39 is 0 Å². The molecule has 78 valence electrons. The topological polar surface area (TPSA) is 52.3 Å². The summed E-state index contributed by atoms with van der Waals surface area (Å²) in [6.45, 7) is 2.15. The fourth-order valence-corrected chi connectivity index (χ4v) is 1.05. The number of carbonyl (C=O) groups excluding carboxylic acids is 1. The van der Waals surface area contributed by atoms with E-state index in [-0.39, 0.29) is 12.4 Å². The molecule has 0 aliphatic rings. The van der Waals surface area contributed by atoms with Gasteiger partial charge in [-0.05, 0) is 25.1 Å². The van der Waals surface area contributed by atoms with Crippen molar-refractivity contribution in [1.29, 1.82) is 0 Å². The Morgan fingerprint density at radius 2 is 2.33 bits per heavy atom. The van der Waals surface area contributed by atoms with Gasteiger partial charge in [0.15, 0.2) is 0 Å². The second-order valence-corrected chi connectivity index (χ2v) is 2.91. The van der Waals surface area contributed by atoms with Crippen LogP contribution in [0.15, 0.2) is 24.3 Å². The first-order chi connectivity index (χ1) is 7.22. The van der Waals surface area contributed by atoms with Gasteiger partial charge in [0.1, 0.15) is 6.42 Å². The van der Waals surface area contributed by atoms with Gasteiger partial charge in [-0.15, -0.1) is 0 Å². The van der Waals surface area contributed by atoms with Crippen molar-refractivity contribution < 1.29 is 9.53 Å². The van der Waals surface area contributed by atoms with E-state index in [0.717, 1.165) is 5.56 Å². The van der Waals surface area contributed by atoms with E-state index >= 15 is 0 Å². The normalized spacial score (nSPS) is 8.87. The number of carbonyl (C=O) groups is 1. The number of hydrogen-bond donors (Lipinski definition) is 1. The quantitative estimate of drug-likeness (QED) is 0.451. The molecule has 3 nitrogen and oxygen atoms in total. The van der Waals surface area contributed by atoms with Crippen molar-refractivity contribution >= 4 is 11.7 Å². The highest BCUT2D eigenvalue weighted by Gasteiger charge is 1.95. The second-order valence-electron chi connectivity index (χ2n) is 2.91. The van der Waals surface area contributed by atoms with Crippen LogP contribution in [0.4, 0.5) is 5.69 Å². The van der Waals surface area contributed by atoms with Crippen molar-refractivity contribution in [3.63, 3.8) is 0 Å². The largest absolute Gasteiger partial charge is 0.465 e. The molecule has 0 spiro atoms. The number of nitrogen functional groups attached to an aromatic ring is 1. The predicted octanol–water partition coefficient (Wildman–Crippen LogP) is 1.57. The molecular weight excluding hydrogens is 190 g/mol. The summed E-state index contributed by atoms with van der Waals surface area (Å²) in [5, 5.41) is 0. The van der Waals surface area contributed by atoms with E-state index in [1.165, 1.54) is 0 Å². The van der Waals surface area contributed by atoms with Crippen LogP contribution in [0.1, 0.15) is 18.9 Å². The highest BCUT2D eigenvalue weighted by atomic mass is 16.5. The Balaban J connectivity index is 2.55. The predicted molar refractivity (Wildman–Crippen MR) is 59.0 cm³/mol. The van der Waals surface area contributed by atoms with Gasteiger partial charge in [-0.3, -0.25) is 4.79 Å². The van der Waals surface area contributed by atoms with Crippen LogP contribution in [-0.2, 0) is 9.53 Å². The van der Waals surface area contributed by atoms with Gasteiger partial charge in [0.05, 0.1) is 6.61 Å². The van der Waals surface area contributed by atoms with Gasteiger partial charge in [-0.1, -0.05) is 17.9 Å². The Hall–Kier alpha value is -1.95. The van der Waals surface area contributed by atoms with E-state index in [4.69, 9.17) is 10.5 Å². The van der Waals surface area contributed by atoms with Crippen molar-refractivity contribution in [1.82, 2.24) is 0 Å². The number of esters is 1. The lowest BCUT2D eigenvalue weighted by Gasteiger charge is -1.95. The maximum Gasteiger partial charge on any atom is 0.317 e. The zero-order chi connectivity index (χ0) is 11.1. The zero-order valence-electron chi connectivity index (χ0n) is 8.62. The monoisotopic (exact) mass is 203 g/mol. The molecule has 0 amide bonds. The summed E-state index contributed by atoms with van der Waals surface area (Å²) >= 11 is 0. The van der Waals surface area contributed by atoms with Crippen LogP contribution in [0.5, 0.6) is 0 Å².